The van der Waals surface area contributed by atoms with Gasteiger partial charge in [0.1, 0.15) is 0 Å². The van der Waals surface area contributed by atoms with E-state index in [1.165, 1.54) is 9.13 Å². The Bertz CT molecular complexity index is 1290. The summed E-state index contributed by atoms with van der Waals surface area (Å²) in [5.74, 6) is 0. The number of nitrogens with zero attached hydrogens (tertiary/aromatic N) is 6. The Kier molecular flexibility index (Phi) is 15.4. The molecule has 0 amide bonds. The van der Waals surface area contributed by atoms with Crippen molar-refractivity contribution in [3.63, 3.8) is 0 Å². The molecule has 1 aliphatic heterocycles. The Morgan fingerprint density at radius 3 is 1.00 bits per heavy atom. The molecule has 0 fully saturated rings. The molecule has 1 aliphatic rings. The minimum Gasteiger partial charge on any atom is -0.304 e. The molecule has 0 aromatic carbocycles. The molecule has 3 heterocycles. The van der Waals surface area contributed by atoms with Crippen LogP contribution in [0.25, 0.3) is 0 Å². The molecule has 0 N–H and O–H groups in total. The van der Waals surface area contributed by atoms with Crippen molar-refractivity contribution < 1.29 is 0 Å². The molecule has 0 saturated carbocycles. The fourth-order valence-corrected chi connectivity index (χ4v) is 6.39. The van der Waals surface area contributed by atoms with Crippen LogP contribution in [-0.4, -0.2) is 67.3 Å². The van der Waals surface area contributed by atoms with E-state index in [2.05, 4.69) is 23.6 Å². The molecule has 2 aromatic rings. The first-order chi connectivity index (χ1) is 21.3. The van der Waals surface area contributed by atoms with Crippen molar-refractivity contribution in [1.29, 1.82) is 0 Å². The van der Waals surface area contributed by atoms with Crippen LogP contribution in [0.5, 0.6) is 0 Å². The van der Waals surface area contributed by atoms with E-state index in [0.29, 0.717) is 26.2 Å². The van der Waals surface area contributed by atoms with E-state index in [1.807, 2.05) is 13.8 Å². The standard InChI is InChI=1S/C34H58N6O4/c1-5-35-19-11-7-15-23-37-29(3)27-31(41)39(33(37)43)25-17-9-13-21-36(6-2)22-14-10-18-26-40-32(42)28-30(4)38(34(40)44)24-16-8-12-20-35/h27-28H,5-26H2,1-4H3. The zero-order valence-electron chi connectivity index (χ0n) is 28.0. The minimum absolute atomic E-state index is 0.167. The van der Waals surface area contributed by atoms with E-state index in [0.717, 1.165) is 128 Å². The first-order valence-electron chi connectivity index (χ1n) is 17.3. The highest BCUT2D eigenvalue weighted by Gasteiger charge is 2.12. The summed E-state index contributed by atoms with van der Waals surface area (Å²) >= 11 is 0. The van der Waals surface area contributed by atoms with Crippen molar-refractivity contribution in [2.45, 2.75) is 131 Å². The minimum atomic E-state index is -0.191. The highest BCUT2D eigenvalue weighted by molar-refractivity contribution is 5.01. The van der Waals surface area contributed by atoms with E-state index in [-0.39, 0.29) is 22.5 Å². The maximum atomic E-state index is 13.2. The van der Waals surface area contributed by atoms with E-state index >= 15 is 0 Å². The molecule has 0 saturated heterocycles. The van der Waals surface area contributed by atoms with Crippen LogP contribution in [0.3, 0.4) is 0 Å². The fraction of sp³-hybridized carbons (Fsp3) is 0.765. The van der Waals surface area contributed by atoms with Gasteiger partial charge in [-0.1, -0.05) is 39.5 Å². The number of aromatic nitrogens is 4. The highest BCUT2D eigenvalue weighted by atomic mass is 16.2. The summed E-state index contributed by atoms with van der Waals surface area (Å²) in [4.78, 5) is 56.6. The molecule has 248 valence electrons. The van der Waals surface area contributed by atoms with Crippen molar-refractivity contribution in [2.75, 3.05) is 39.3 Å². The zero-order valence-corrected chi connectivity index (χ0v) is 28.0. The van der Waals surface area contributed by atoms with Gasteiger partial charge in [0.05, 0.1) is 0 Å². The molecule has 44 heavy (non-hydrogen) atoms. The first-order valence-corrected chi connectivity index (χ1v) is 17.3. The van der Waals surface area contributed by atoms with E-state index < -0.39 is 0 Å². The third-order valence-corrected chi connectivity index (χ3v) is 9.29. The maximum absolute atomic E-state index is 13.2. The summed E-state index contributed by atoms with van der Waals surface area (Å²) in [7, 11) is 0. The predicted molar refractivity (Wildman–Crippen MR) is 179 cm³/mol. The molecule has 2 aromatic heterocycles. The van der Waals surface area contributed by atoms with Gasteiger partial charge < -0.3 is 9.80 Å². The Balaban J connectivity index is 1.65. The molecule has 10 heteroatoms. The summed E-state index contributed by atoms with van der Waals surface area (Å²) in [6.45, 7) is 16.3. The molecule has 0 aliphatic carbocycles. The second-order valence-electron chi connectivity index (χ2n) is 12.5. The van der Waals surface area contributed by atoms with Gasteiger partial charge in [0, 0.05) is 49.7 Å². The van der Waals surface area contributed by atoms with Gasteiger partial charge in [0.25, 0.3) is 11.1 Å². The van der Waals surface area contributed by atoms with Gasteiger partial charge in [0.15, 0.2) is 0 Å². The molecule has 0 spiro atoms. The van der Waals surface area contributed by atoms with Gasteiger partial charge >= 0.3 is 11.4 Å². The summed E-state index contributed by atoms with van der Waals surface area (Å²) < 4.78 is 6.41. The second kappa shape index (κ2) is 18.9. The molecule has 4 bridgehead atoms. The fourth-order valence-electron chi connectivity index (χ4n) is 6.39. The van der Waals surface area contributed by atoms with E-state index in [4.69, 9.17) is 0 Å². The number of hydrogen-bond donors (Lipinski definition) is 0. The van der Waals surface area contributed by atoms with Crippen molar-refractivity contribution in [3.05, 3.63) is 65.2 Å². The summed E-state index contributed by atoms with van der Waals surface area (Å²) in [6.07, 6.45) is 11.7. The van der Waals surface area contributed by atoms with Crippen LogP contribution in [0.15, 0.2) is 31.3 Å². The number of aryl methyl sites for hydroxylation is 2. The van der Waals surface area contributed by atoms with Crippen molar-refractivity contribution in [1.82, 2.24) is 28.1 Å². The summed E-state index contributed by atoms with van der Waals surface area (Å²) in [5.41, 5.74) is 0.786. The van der Waals surface area contributed by atoms with Crippen LogP contribution in [0.4, 0.5) is 0 Å². The highest BCUT2D eigenvalue weighted by Crippen LogP contribution is 2.07. The number of fused-ring (bicyclic) bond motifs is 4. The molecular formula is C34H58N6O4. The first kappa shape index (κ1) is 35.8. The molecule has 3 rings (SSSR count). The van der Waals surface area contributed by atoms with Crippen LogP contribution < -0.4 is 22.5 Å². The summed E-state index contributed by atoms with van der Waals surface area (Å²) in [6, 6.07) is 3.23. The van der Waals surface area contributed by atoms with Crippen molar-refractivity contribution in [3.8, 4) is 0 Å². The van der Waals surface area contributed by atoms with E-state index in [9.17, 15) is 19.2 Å². The van der Waals surface area contributed by atoms with Gasteiger partial charge in [-0.25, -0.2) is 9.59 Å². The quantitative estimate of drug-likeness (QED) is 0.508. The number of hydrogen-bond acceptors (Lipinski definition) is 6. The van der Waals surface area contributed by atoms with Crippen molar-refractivity contribution in [2.24, 2.45) is 0 Å². The van der Waals surface area contributed by atoms with Crippen LogP contribution in [0, 0.1) is 13.8 Å². The monoisotopic (exact) mass is 614 g/mol. The van der Waals surface area contributed by atoms with E-state index in [1.54, 1.807) is 21.3 Å². The van der Waals surface area contributed by atoms with Crippen LogP contribution in [-0.2, 0) is 26.2 Å². The molecular weight excluding hydrogens is 556 g/mol. The average Bonchev–Trinajstić information content (AvgIpc) is 2.99. The normalized spacial score (nSPS) is 18.8. The van der Waals surface area contributed by atoms with Crippen LogP contribution in [0.1, 0.15) is 102 Å². The Morgan fingerprint density at radius 2 is 0.705 bits per heavy atom. The smallest absolute Gasteiger partial charge is 0.304 e. The zero-order chi connectivity index (χ0) is 31.9. The largest absolute Gasteiger partial charge is 0.331 e. The van der Waals surface area contributed by atoms with Gasteiger partial charge in [-0.2, -0.15) is 0 Å². The third-order valence-electron chi connectivity index (χ3n) is 9.29. The average molecular weight is 615 g/mol. The topological polar surface area (TPSA) is 94.5 Å². The predicted octanol–water partition coefficient (Wildman–Crippen LogP) is 3.99. The molecule has 0 unspecified atom stereocenters. The Labute approximate surface area is 263 Å². The van der Waals surface area contributed by atoms with Crippen molar-refractivity contribution >= 4 is 0 Å². The molecule has 10 nitrogen and oxygen atoms in total. The Morgan fingerprint density at radius 1 is 0.432 bits per heavy atom. The van der Waals surface area contributed by atoms with Gasteiger partial charge in [0.2, 0.25) is 0 Å². The lowest BCUT2D eigenvalue weighted by Gasteiger charge is -2.21. The lowest BCUT2D eigenvalue weighted by atomic mass is 10.2. The number of rotatable bonds is 2. The Hall–Kier alpha value is -2.72. The third kappa shape index (κ3) is 10.7. The van der Waals surface area contributed by atoms with Crippen LogP contribution >= 0.6 is 0 Å². The van der Waals surface area contributed by atoms with Gasteiger partial charge in [-0.3, -0.25) is 27.9 Å². The second-order valence-corrected chi connectivity index (χ2v) is 12.5. The van der Waals surface area contributed by atoms with Gasteiger partial charge in [-0.15, -0.1) is 0 Å². The lowest BCUT2D eigenvalue weighted by molar-refractivity contribution is 0.271. The van der Waals surface area contributed by atoms with Gasteiger partial charge in [-0.05, 0) is 104 Å². The van der Waals surface area contributed by atoms with Crippen LogP contribution in [0.2, 0.25) is 0 Å². The lowest BCUT2D eigenvalue weighted by Crippen LogP contribution is -2.40. The SMILES string of the molecule is CCN1CCCCCn2c(C)cc(=O)n(c2=O)CCCCCN(CC)CCCCCn2c(=O)cc(C)n(c2=O)CCCCC1. The maximum Gasteiger partial charge on any atom is 0.331 e. The molecule has 0 atom stereocenters. The molecule has 0 radical (unpaired) electrons. The summed E-state index contributed by atoms with van der Waals surface area (Å²) in [5, 5.41) is 0.